The van der Waals surface area contributed by atoms with Crippen molar-refractivity contribution in [3.63, 3.8) is 0 Å². The zero-order valence-electron chi connectivity index (χ0n) is 12.6. The summed E-state index contributed by atoms with van der Waals surface area (Å²) in [4.78, 5) is 2.55. The Kier molecular flexibility index (Phi) is 8.62. The van der Waals surface area contributed by atoms with Crippen LogP contribution in [0.2, 0.25) is 0 Å². The van der Waals surface area contributed by atoms with Gasteiger partial charge < -0.3 is 15.6 Å². The smallest absolute Gasteiger partial charge is 0.0698 e. The molecule has 0 amide bonds. The molecule has 19 heavy (non-hydrogen) atoms. The lowest BCUT2D eigenvalue weighted by Gasteiger charge is -2.43. The predicted octanol–water partition coefficient (Wildman–Crippen LogP) is 1.76. The summed E-state index contributed by atoms with van der Waals surface area (Å²) in [6, 6.07) is 0. The minimum Gasteiger partial charge on any atom is -0.394 e. The van der Waals surface area contributed by atoms with E-state index in [1.807, 2.05) is 0 Å². The van der Waals surface area contributed by atoms with Gasteiger partial charge in [0.2, 0.25) is 0 Å². The summed E-state index contributed by atoms with van der Waals surface area (Å²) in [5.41, 5.74) is 6.34. The van der Waals surface area contributed by atoms with Gasteiger partial charge in [-0.2, -0.15) is 0 Å². The lowest BCUT2D eigenvalue weighted by Crippen LogP contribution is -2.55. The highest BCUT2D eigenvalue weighted by atomic mass is 16.5. The maximum absolute atomic E-state index is 8.76. The van der Waals surface area contributed by atoms with Crippen molar-refractivity contribution in [3.05, 3.63) is 0 Å². The second-order valence-electron chi connectivity index (χ2n) is 5.67. The van der Waals surface area contributed by atoms with Gasteiger partial charge in [0, 0.05) is 18.6 Å². The van der Waals surface area contributed by atoms with Crippen LogP contribution in [-0.4, -0.2) is 55.0 Å². The van der Waals surface area contributed by atoms with E-state index >= 15 is 0 Å². The third kappa shape index (κ3) is 5.38. The Morgan fingerprint density at radius 2 is 1.79 bits per heavy atom. The number of ether oxygens (including phenoxy) is 1. The zero-order chi connectivity index (χ0) is 14.0. The third-order valence-corrected chi connectivity index (χ3v) is 4.32. The summed E-state index contributed by atoms with van der Waals surface area (Å²) in [5.74, 6) is 0. The Bertz CT molecular complexity index is 216. The van der Waals surface area contributed by atoms with Gasteiger partial charge in [-0.05, 0) is 25.8 Å². The van der Waals surface area contributed by atoms with Gasteiger partial charge in [-0.25, -0.2) is 0 Å². The maximum atomic E-state index is 8.76. The van der Waals surface area contributed by atoms with E-state index in [9.17, 15) is 0 Å². The highest BCUT2D eigenvalue weighted by Gasteiger charge is 2.34. The van der Waals surface area contributed by atoms with Gasteiger partial charge in [0.25, 0.3) is 0 Å². The molecule has 1 aliphatic carbocycles. The molecule has 0 saturated heterocycles. The average molecular weight is 272 g/mol. The molecule has 1 aliphatic rings. The molecule has 3 N–H and O–H groups in total. The monoisotopic (exact) mass is 272 g/mol. The molecule has 0 spiro atoms. The van der Waals surface area contributed by atoms with Crippen molar-refractivity contribution in [1.82, 2.24) is 4.90 Å². The maximum Gasteiger partial charge on any atom is 0.0698 e. The summed E-state index contributed by atoms with van der Waals surface area (Å²) >= 11 is 0. The molecule has 4 nitrogen and oxygen atoms in total. The molecule has 4 heteroatoms. The van der Waals surface area contributed by atoms with Gasteiger partial charge in [-0.1, -0.05) is 32.6 Å². The molecule has 0 atom stereocenters. The van der Waals surface area contributed by atoms with Gasteiger partial charge >= 0.3 is 0 Å². The van der Waals surface area contributed by atoms with Crippen molar-refractivity contribution in [2.24, 2.45) is 5.73 Å². The lowest BCUT2D eigenvalue weighted by molar-refractivity contribution is 0.0263. The standard InChI is InChI=1S/C15H32N2O2/c1-2-9-17(10-12-19-13-11-18)15(14-16)7-5-3-4-6-8-15/h18H,2-14,16H2,1H3. The fourth-order valence-electron chi connectivity index (χ4n) is 3.23. The third-order valence-electron chi connectivity index (χ3n) is 4.32. The Hall–Kier alpha value is -0.160. The Labute approximate surface area is 118 Å². The van der Waals surface area contributed by atoms with E-state index in [1.54, 1.807) is 0 Å². The lowest BCUT2D eigenvalue weighted by atomic mass is 9.88. The van der Waals surface area contributed by atoms with Crippen LogP contribution in [0.25, 0.3) is 0 Å². The molecular formula is C15H32N2O2. The van der Waals surface area contributed by atoms with Crippen molar-refractivity contribution in [2.75, 3.05) is 39.5 Å². The molecule has 0 unspecified atom stereocenters. The Morgan fingerprint density at radius 3 is 2.32 bits per heavy atom. The molecule has 1 rings (SSSR count). The number of hydrogen-bond acceptors (Lipinski definition) is 4. The van der Waals surface area contributed by atoms with Crippen LogP contribution in [0.5, 0.6) is 0 Å². The number of nitrogens with two attached hydrogens (primary N) is 1. The highest BCUT2D eigenvalue weighted by Crippen LogP contribution is 2.31. The molecule has 1 fully saturated rings. The molecule has 0 aromatic heterocycles. The van der Waals surface area contributed by atoms with E-state index in [4.69, 9.17) is 15.6 Å². The molecule has 0 bridgehead atoms. The fourth-order valence-corrected chi connectivity index (χ4v) is 3.23. The molecule has 0 aliphatic heterocycles. The topological polar surface area (TPSA) is 58.7 Å². The minimum absolute atomic E-state index is 0.107. The van der Waals surface area contributed by atoms with Crippen LogP contribution in [0, 0.1) is 0 Å². The number of aliphatic hydroxyl groups excluding tert-OH is 1. The van der Waals surface area contributed by atoms with Crippen LogP contribution < -0.4 is 5.73 Å². The summed E-state index contributed by atoms with van der Waals surface area (Å²) < 4.78 is 5.44. The van der Waals surface area contributed by atoms with E-state index in [0.29, 0.717) is 13.2 Å². The van der Waals surface area contributed by atoms with Crippen LogP contribution in [0.4, 0.5) is 0 Å². The number of hydrogen-bond donors (Lipinski definition) is 2. The first-order chi connectivity index (χ1) is 9.29. The molecule has 0 aromatic rings. The summed E-state index contributed by atoms with van der Waals surface area (Å²) in [6.45, 7) is 6.26. The van der Waals surface area contributed by atoms with Crippen molar-refractivity contribution in [2.45, 2.75) is 57.4 Å². The zero-order valence-corrected chi connectivity index (χ0v) is 12.6. The summed E-state index contributed by atoms with van der Waals surface area (Å²) in [7, 11) is 0. The first-order valence-corrected chi connectivity index (χ1v) is 7.93. The van der Waals surface area contributed by atoms with Crippen LogP contribution in [0.1, 0.15) is 51.9 Å². The normalized spacial score (nSPS) is 19.6. The first-order valence-electron chi connectivity index (χ1n) is 7.93. The average Bonchev–Trinajstić information content (AvgIpc) is 2.68. The van der Waals surface area contributed by atoms with E-state index in [0.717, 1.165) is 26.1 Å². The van der Waals surface area contributed by atoms with Gasteiger partial charge in [0.05, 0.1) is 19.8 Å². The molecule has 1 saturated carbocycles. The quantitative estimate of drug-likeness (QED) is 0.496. The molecule has 0 heterocycles. The second-order valence-corrected chi connectivity index (χ2v) is 5.67. The second kappa shape index (κ2) is 9.70. The van der Waals surface area contributed by atoms with Gasteiger partial charge in [-0.15, -0.1) is 0 Å². The highest BCUT2D eigenvalue weighted by molar-refractivity contribution is 4.93. The van der Waals surface area contributed by atoms with Crippen LogP contribution in [0.15, 0.2) is 0 Å². The number of nitrogens with zero attached hydrogens (tertiary/aromatic N) is 1. The summed E-state index contributed by atoms with van der Waals surface area (Å²) in [6.07, 6.45) is 8.91. The van der Waals surface area contributed by atoms with Crippen LogP contribution >= 0.6 is 0 Å². The number of rotatable bonds is 9. The SMILES string of the molecule is CCCN(CCOCCO)C1(CN)CCCCCC1. The Balaban J connectivity index is 2.57. The molecule has 0 radical (unpaired) electrons. The van der Waals surface area contributed by atoms with Gasteiger partial charge in [0.15, 0.2) is 0 Å². The largest absolute Gasteiger partial charge is 0.394 e. The van der Waals surface area contributed by atoms with Crippen LogP contribution in [-0.2, 0) is 4.74 Å². The van der Waals surface area contributed by atoms with E-state index in [-0.39, 0.29) is 12.1 Å². The van der Waals surface area contributed by atoms with Crippen molar-refractivity contribution in [3.8, 4) is 0 Å². The fraction of sp³-hybridized carbons (Fsp3) is 1.00. The van der Waals surface area contributed by atoms with E-state index in [2.05, 4.69) is 11.8 Å². The van der Waals surface area contributed by atoms with E-state index in [1.165, 1.54) is 38.5 Å². The molecule has 0 aromatic carbocycles. The molecular weight excluding hydrogens is 240 g/mol. The van der Waals surface area contributed by atoms with Crippen molar-refractivity contribution < 1.29 is 9.84 Å². The number of aliphatic hydroxyl groups is 1. The Morgan fingerprint density at radius 1 is 1.11 bits per heavy atom. The molecule has 114 valence electrons. The van der Waals surface area contributed by atoms with Crippen LogP contribution in [0.3, 0.4) is 0 Å². The minimum atomic E-state index is 0.107. The first kappa shape index (κ1) is 16.9. The van der Waals surface area contributed by atoms with Gasteiger partial charge in [-0.3, -0.25) is 4.90 Å². The van der Waals surface area contributed by atoms with Crippen molar-refractivity contribution in [1.29, 1.82) is 0 Å². The van der Waals surface area contributed by atoms with Gasteiger partial charge in [0.1, 0.15) is 0 Å². The van der Waals surface area contributed by atoms with E-state index < -0.39 is 0 Å². The van der Waals surface area contributed by atoms with Crippen molar-refractivity contribution >= 4 is 0 Å². The predicted molar refractivity (Wildman–Crippen MR) is 79.3 cm³/mol. The summed E-state index contributed by atoms with van der Waals surface area (Å²) in [5, 5.41) is 8.76.